The molecule has 5 nitrogen and oxygen atoms in total. The summed E-state index contributed by atoms with van der Waals surface area (Å²) in [5, 5.41) is 2.93. The van der Waals surface area contributed by atoms with Crippen LogP contribution in [0, 0.1) is 0 Å². The summed E-state index contributed by atoms with van der Waals surface area (Å²) in [6, 6.07) is 20.3. The minimum Gasteiger partial charge on any atom is -0.353 e. The fourth-order valence-electron chi connectivity index (χ4n) is 3.71. The molecule has 0 aliphatic carbocycles. The number of hydrogen-bond acceptors (Lipinski definition) is 3. The molecule has 1 atom stereocenters. The van der Waals surface area contributed by atoms with Crippen LogP contribution in [0.2, 0.25) is 0 Å². The van der Waals surface area contributed by atoms with Gasteiger partial charge in [0.1, 0.15) is 0 Å². The van der Waals surface area contributed by atoms with Gasteiger partial charge in [-0.05, 0) is 18.1 Å². The minimum absolute atomic E-state index is 0.00511. The van der Waals surface area contributed by atoms with Gasteiger partial charge in [-0.2, -0.15) is 0 Å². The van der Waals surface area contributed by atoms with E-state index in [4.69, 9.17) is 0 Å². The van der Waals surface area contributed by atoms with E-state index in [9.17, 15) is 9.59 Å². The van der Waals surface area contributed by atoms with E-state index >= 15 is 0 Å². The molecule has 28 heavy (non-hydrogen) atoms. The number of rotatable bonds is 7. The molecule has 148 valence electrons. The predicted molar refractivity (Wildman–Crippen MR) is 111 cm³/mol. The molecule has 0 saturated carbocycles. The summed E-state index contributed by atoms with van der Waals surface area (Å²) >= 11 is 0. The van der Waals surface area contributed by atoms with Crippen LogP contribution in [0.5, 0.6) is 0 Å². The Labute approximate surface area is 167 Å². The Bertz CT molecular complexity index is 739. The molecule has 0 spiro atoms. The lowest BCUT2D eigenvalue weighted by molar-refractivity contribution is -0.138. The summed E-state index contributed by atoms with van der Waals surface area (Å²) in [4.78, 5) is 28.9. The van der Waals surface area contributed by atoms with Gasteiger partial charge in [-0.1, -0.05) is 60.7 Å². The SMILES string of the molecule is CCN(C)C(=O)C[C@@H]1C(=O)NCCN1CC(c1ccccc1)c1ccccc1. The normalized spacial score (nSPS) is 17.4. The van der Waals surface area contributed by atoms with Crippen LogP contribution >= 0.6 is 0 Å². The molecule has 0 radical (unpaired) electrons. The van der Waals surface area contributed by atoms with Gasteiger partial charge >= 0.3 is 0 Å². The van der Waals surface area contributed by atoms with Crippen LogP contribution in [0.3, 0.4) is 0 Å². The van der Waals surface area contributed by atoms with Crippen molar-refractivity contribution in [2.75, 3.05) is 33.2 Å². The second kappa shape index (κ2) is 9.51. The predicted octanol–water partition coefficient (Wildman–Crippen LogP) is 2.49. The third kappa shape index (κ3) is 4.78. The highest BCUT2D eigenvalue weighted by Crippen LogP contribution is 2.27. The quantitative estimate of drug-likeness (QED) is 0.804. The third-order valence-electron chi connectivity index (χ3n) is 5.53. The van der Waals surface area contributed by atoms with E-state index in [1.807, 2.05) is 43.3 Å². The summed E-state index contributed by atoms with van der Waals surface area (Å²) in [6.45, 7) is 4.65. The van der Waals surface area contributed by atoms with Crippen LogP contribution in [0.15, 0.2) is 60.7 Å². The van der Waals surface area contributed by atoms with Crippen molar-refractivity contribution in [2.45, 2.75) is 25.3 Å². The van der Waals surface area contributed by atoms with Crippen molar-refractivity contribution >= 4 is 11.8 Å². The molecule has 1 saturated heterocycles. The molecule has 2 amide bonds. The van der Waals surface area contributed by atoms with Gasteiger partial charge < -0.3 is 10.2 Å². The Hall–Kier alpha value is -2.66. The van der Waals surface area contributed by atoms with Crippen molar-refractivity contribution in [1.82, 2.24) is 15.1 Å². The van der Waals surface area contributed by atoms with Gasteiger partial charge in [0.05, 0.1) is 12.5 Å². The molecule has 2 aromatic rings. The summed E-state index contributed by atoms with van der Waals surface area (Å²) in [7, 11) is 1.78. The lowest BCUT2D eigenvalue weighted by Gasteiger charge is -2.37. The molecule has 2 aromatic carbocycles. The average Bonchev–Trinajstić information content (AvgIpc) is 2.74. The highest BCUT2D eigenvalue weighted by atomic mass is 16.2. The van der Waals surface area contributed by atoms with Crippen molar-refractivity contribution in [1.29, 1.82) is 0 Å². The molecule has 0 aromatic heterocycles. The van der Waals surface area contributed by atoms with Gasteiger partial charge in [-0.25, -0.2) is 0 Å². The molecule has 1 aliphatic heterocycles. The molecule has 3 rings (SSSR count). The number of nitrogens with one attached hydrogen (secondary N) is 1. The van der Waals surface area contributed by atoms with Crippen molar-refractivity contribution in [3.8, 4) is 0 Å². The van der Waals surface area contributed by atoms with Crippen LogP contribution in [-0.2, 0) is 9.59 Å². The number of amides is 2. The Morgan fingerprint density at radius 1 is 1.11 bits per heavy atom. The summed E-state index contributed by atoms with van der Waals surface area (Å²) < 4.78 is 0. The summed E-state index contributed by atoms with van der Waals surface area (Å²) in [6.07, 6.45) is 0.215. The van der Waals surface area contributed by atoms with Gasteiger partial charge in [-0.15, -0.1) is 0 Å². The Morgan fingerprint density at radius 3 is 2.21 bits per heavy atom. The number of piperazine rings is 1. The molecular weight excluding hydrogens is 350 g/mol. The Kier molecular flexibility index (Phi) is 6.82. The second-order valence-corrected chi connectivity index (χ2v) is 7.29. The Morgan fingerprint density at radius 2 is 1.68 bits per heavy atom. The van der Waals surface area contributed by atoms with E-state index in [2.05, 4.69) is 34.5 Å². The van der Waals surface area contributed by atoms with E-state index in [1.54, 1.807) is 11.9 Å². The highest BCUT2D eigenvalue weighted by molar-refractivity contribution is 5.88. The molecule has 1 aliphatic rings. The van der Waals surface area contributed by atoms with E-state index in [1.165, 1.54) is 11.1 Å². The molecule has 1 N–H and O–H groups in total. The van der Waals surface area contributed by atoms with Crippen molar-refractivity contribution in [2.24, 2.45) is 0 Å². The Balaban J connectivity index is 1.85. The zero-order valence-corrected chi connectivity index (χ0v) is 16.7. The first-order chi connectivity index (χ1) is 13.6. The van der Waals surface area contributed by atoms with Crippen molar-refractivity contribution < 1.29 is 9.59 Å². The first kappa shape index (κ1) is 20.1. The van der Waals surface area contributed by atoms with Gasteiger partial charge in [0.25, 0.3) is 0 Å². The lowest BCUT2D eigenvalue weighted by atomic mass is 9.90. The molecule has 1 heterocycles. The van der Waals surface area contributed by atoms with E-state index in [0.29, 0.717) is 19.6 Å². The number of hydrogen-bond donors (Lipinski definition) is 1. The van der Waals surface area contributed by atoms with E-state index in [-0.39, 0.29) is 24.2 Å². The maximum absolute atomic E-state index is 12.6. The summed E-state index contributed by atoms with van der Waals surface area (Å²) in [5.41, 5.74) is 2.44. The zero-order valence-electron chi connectivity index (χ0n) is 16.7. The fourth-order valence-corrected chi connectivity index (χ4v) is 3.71. The van der Waals surface area contributed by atoms with Gasteiger partial charge in [-0.3, -0.25) is 14.5 Å². The number of nitrogens with zero attached hydrogens (tertiary/aromatic N) is 2. The first-order valence-electron chi connectivity index (χ1n) is 9.95. The standard InChI is InChI=1S/C23H29N3O2/c1-3-25(2)22(27)16-21-23(28)24-14-15-26(21)17-20(18-10-6-4-7-11-18)19-12-8-5-9-13-19/h4-13,20-21H,3,14-17H2,1-2H3,(H,24,28)/t21-/m1/s1. The molecule has 5 heteroatoms. The number of carbonyl (C=O) groups excluding carboxylic acids is 2. The largest absolute Gasteiger partial charge is 0.353 e. The fraction of sp³-hybridized carbons (Fsp3) is 0.391. The van der Waals surface area contributed by atoms with Crippen LogP contribution < -0.4 is 5.32 Å². The van der Waals surface area contributed by atoms with Gasteiger partial charge in [0.2, 0.25) is 11.8 Å². The molecule has 1 fully saturated rings. The van der Waals surface area contributed by atoms with Crippen LogP contribution in [0.1, 0.15) is 30.4 Å². The topological polar surface area (TPSA) is 52.7 Å². The monoisotopic (exact) mass is 379 g/mol. The van der Waals surface area contributed by atoms with Crippen LogP contribution in [0.4, 0.5) is 0 Å². The van der Waals surface area contributed by atoms with Gasteiger partial charge in [0, 0.05) is 39.1 Å². The third-order valence-corrected chi connectivity index (χ3v) is 5.53. The molecular formula is C23H29N3O2. The maximum Gasteiger partial charge on any atom is 0.237 e. The maximum atomic E-state index is 12.6. The second-order valence-electron chi connectivity index (χ2n) is 7.29. The first-order valence-corrected chi connectivity index (χ1v) is 9.95. The van der Waals surface area contributed by atoms with Gasteiger partial charge in [0.15, 0.2) is 0 Å². The van der Waals surface area contributed by atoms with E-state index in [0.717, 1.165) is 6.54 Å². The molecule has 0 unspecified atom stereocenters. The number of benzene rings is 2. The highest BCUT2D eigenvalue weighted by Gasteiger charge is 2.34. The number of carbonyl (C=O) groups is 2. The smallest absolute Gasteiger partial charge is 0.237 e. The zero-order chi connectivity index (χ0) is 19.9. The van der Waals surface area contributed by atoms with Crippen LogP contribution in [0.25, 0.3) is 0 Å². The lowest BCUT2D eigenvalue weighted by Crippen LogP contribution is -2.57. The average molecular weight is 380 g/mol. The summed E-state index contributed by atoms with van der Waals surface area (Å²) in [5.74, 6) is 0.101. The minimum atomic E-state index is -0.426. The van der Waals surface area contributed by atoms with E-state index < -0.39 is 6.04 Å². The van der Waals surface area contributed by atoms with Crippen molar-refractivity contribution in [3.63, 3.8) is 0 Å². The molecule has 0 bridgehead atoms. The van der Waals surface area contributed by atoms with Crippen LogP contribution in [-0.4, -0.2) is 60.9 Å². The van der Waals surface area contributed by atoms with Crippen molar-refractivity contribution in [3.05, 3.63) is 71.8 Å².